The normalized spacial score (nSPS) is 16.4. The number of imidazole rings is 1. The Labute approximate surface area is 118 Å². The van der Waals surface area contributed by atoms with Crippen LogP contribution in [0.1, 0.15) is 30.0 Å². The van der Waals surface area contributed by atoms with Crippen molar-refractivity contribution in [1.82, 2.24) is 14.9 Å². The summed E-state index contributed by atoms with van der Waals surface area (Å²) in [5.74, 6) is 0.443. The zero-order valence-electron chi connectivity index (χ0n) is 11.6. The van der Waals surface area contributed by atoms with Gasteiger partial charge in [0.1, 0.15) is 5.82 Å². The summed E-state index contributed by atoms with van der Waals surface area (Å²) in [6.07, 6.45) is 7.20. The van der Waals surface area contributed by atoms with Crippen LogP contribution in [0.25, 0.3) is 0 Å². The highest BCUT2D eigenvalue weighted by Gasteiger charge is 2.18. The van der Waals surface area contributed by atoms with Crippen molar-refractivity contribution in [2.75, 3.05) is 13.1 Å². The number of nitrogens with zero attached hydrogens (tertiary/aromatic N) is 2. The minimum atomic E-state index is -0.174. The first-order valence-electron chi connectivity index (χ1n) is 7.28. The predicted octanol–water partition coefficient (Wildman–Crippen LogP) is 2.73. The maximum absolute atomic E-state index is 12.9. The molecule has 0 amide bonds. The quantitative estimate of drug-likeness (QED) is 0.928. The number of hydrogen-bond acceptors (Lipinski definition) is 2. The summed E-state index contributed by atoms with van der Waals surface area (Å²) < 4.78 is 15.1. The van der Waals surface area contributed by atoms with Crippen molar-refractivity contribution in [3.05, 3.63) is 53.9 Å². The molecule has 1 N–H and O–H groups in total. The highest BCUT2D eigenvalue weighted by atomic mass is 19.1. The Morgan fingerprint density at radius 2 is 1.95 bits per heavy atom. The molecule has 20 heavy (non-hydrogen) atoms. The lowest BCUT2D eigenvalue weighted by atomic mass is 9.95. The largest absolute Gasteiger partial charge is 0.334 e. The Balaban J connectivity index is 1.65. The van der Waals surface area contributed by atoms with Crippen LogP contribution in [0.4, 0.5) is 4.39 Å². The van der Waals surface area contributed by atoms with Crippen molar-refractivity contribution >= 4 is 0 Å². The molecule has 2 aromatic rings. The molecule has 106 valence electrons. The van der Waals surface area contributed by atoms with E-state index in [4.69, 9.17) is 0 Å². The van der Waals surface area contributed by atoms with Gasteiger partial charge in [0.25, 0.3) is 0 Å². The first-order valence-corrected chi connectivity index (χ1v) is 7.28. The van der Waals surface area contributed by atoms with Crippen molar-refractivity contribution in [3.63, 3.8) is 0 Å². The van der Waals surface area contributed by atoms with Gasteiger partial charge in [-0.25, -0.2) is 9.37 Å². The van der Waals surface area contributed by atoms with E-state index in [9.17, 15) is 4.39 Å². The van der Waals surface area contributed by atoms with Crippen LogP contribution in [0.3, 0.4) is 0 Å². The van der Waals surface area contributed by atoms with Gasteiger partial charge in [-0.2, -0.15) is 0 Å². The van der Waals surface area contributed by atoms with Gasteiger partial charge >= 0.3 is 0 Å². The van der Waals surface area contributed by atoms with Gasteiger partial charge in [0.2, 0.25) is 0 Å². The average Bonchev–Trinajstić information content (AvgIpc) is 2.96. The molecule has 0 unspecified atom stereocenters. The van der Waals surface area contributed by atoms with Crippen molar-refractivity contribution < 1.29 is 4.39 Å². The number of halogens is 1. The standard InChI is InChI=1S/C16H20FN3/c17-15-3-1-13(2-4-15)7-10-20-12-19-11-16(20)14-5-8-18-9-6-14/h1-4,11-12,14,18H,5-10H2. The SMILES string of the molecule is Fc1ccc(CCn2cncc2C2CCNCC2)cc1. The molecule has 1 aromatic carbocycles. The van der Waals surface area contributed by atoms with Crippen LogP contribution in [0.5, 0.6) is 0 Å². The Kier molecular flexibility index (Phi) is 4.11. The van der Waals surface area contributed by atoms with Gasteiger partial charge in [-0.3, -0.25) is 0 Å². The molecule has 3 nitrogen and oxygen atoms in total. The van der Waals surface area contributed by atoms with Gasteiger partial charge in [-0.15, -0.1) is 0 Å². The number of aryl methyl sites for hydroxylation is 2. The number of rotatable bonds is 4. The number of nitrogens with one attached hydrogen (secondary N) is 1. The third kappa shape index (κ3) is 3.07. The van der Waals surface area contributed by atoms with E-state index in [0.29, 0.717) is 5.92 Å². The van der Waals surface area contributed by atoms with Crippen LogP contribution in [0.2, 0.25) is 0 Å². The summed E-state index contributed by atoms with van der Waals surface area (Å²) >= 11 is 0. The van der Waals surface area contributed by atoms with E-state index in [-0.39, 0.29) is 5.82 Å². The topological polar surface area (TPSA) is 29.9 Å². The average molecular weight is 273 g/mol. The van der Waals surface area contributed by atoms with E-state index in [1.54, 1.807) is 0 Å². The molecule has 1 aliphatic rings. The van der Waals surface area contributed by atoms with E-state index >= 15 is 0 Å². The van der Waals surface area contributed by atoms with Gasteiger partial charge < -0.3 is 9.88 Å². The molecule has 1 aliphatic heterocycles. The molecule has 1 aromatic heterocycles. The second-order valence-electron chi connectivity index (χ2n) is 5.41. The summed E-state index contributed by atoms with van der Waals surface area (Å²) in [6, 6.07) is 6.76. The van der Waals surface area contributed by atoms with Crippen LogP contribution in [0, 0.1) is 5.82 Å². The van der Waals surface area contributed by atoms with Crippen molar-refractivity contribution in [2.24, 2.45) is 0 Å². The van der Waals surface area contributed by atoms with Crippen LogP contribution < -0.4 is 5.32 Å². The fourth-order valence-electron chi connectivity index (χ4n) is 2.88. The van der Waals surface area contributed by atoms with E-state index in [0.717, 1.165) is 31.6 Å². The third-order valence-corrected chi connectivity index (χ3v) is 4.06. The summed E-state index contributed by atoms with van der Waals surface area (Å²) in [5, 5.41) is 3.39. The molecular weight excluding hydrogens is 253 g/mol. The van der Waals surface area contributed by atoms with Gasteiger partial charge in [0, 0.05) is 24.4 Å². The maximum atomic E-state index is 12.9. The first kappa shape index (κ1) is 13.3. The van der Waals surface area contributed by atoms with Crippen LogP contribution >= 0.6 is 0 Å². The second kappa shape index (κ2) is 6.18. The first-order chi connectivity index (χ1) is 9.83. The summed E-state index contributed by atoms with van der Waals surface area (Å²) in [4.78, 5) is 4.31. The molecule has 0 spiro atoms. The Bertz CT molecular complexity index is 541. The number of hydrogen-bond donors (Lipinski definition) is 1. The van der Waals surface area contributed by atoms with E-state index in [2.05, 4.69) is 14.9 Å². The molecule has 0 atom stereocenters. The molecule has 1 saturated heterocycles. The Morgan fingerprint density at radius 1 is 1.20 bits per heavy atom. The molecule has 1 fully saturated rings. The third-order valence-electron chi connectivity index (χ3n) is 4.06. The van der Waals surface area contributed by atoms with Crippen molar-refractivity contribution in [3.8, 4) is 0 Å². The molecule has 0 saturated carbocycles. The lowest BCUT2D eigenvalue weighted by molar-refractivity contribution is 0.438. The monoisotopic (exact) mass is 273 g/mol. The lowest BCUT2D eigenvalue weighted by Gasteiger charge is -2.23. The molecular formula is C16H20FN3. The minimum Gasteiger partial charge on any atom is -0.334 e. The number of piperidine rings is 1. The molecule has 2 heterocycles. The maximum Gasteiger partial charge on any atom is 0.123 e. The number of benzene rings is 1. The van der Waals surface area contributed by atoms with E-state index < -0.39 is 0 Å². The van der Waals surface area contributed by atoms with Gasteiger partial charge in [-0.1, -0.05) is 12.1 Å². The summed E-state index contributed by atoms with van der Waals surface area (Å²) in [7, 11) is 0. The van der Waals surface area contributed by atoms with Crippen molar-refractivity contribution in [1.29, 1.82) is 0 Å². The van der Waals surface area contributed by atoms with E-state index in [1.807, 2.05) is 24.7 Å². The summed E-state index contributed by atoms with van der Waals surface area (Å²) in [5.41, 5.74) is 2.50. The smallest absolute Gasteiger partial charge is 0.123 e. The van der Waals surface area contributed by atoms with Crippen LogP contribution in [0.15, 0.2) is 36.8 Å². The highest BCUT2D eigenvalue weighted by Crippen LogP contribution is 2.25. The zero-order chi connectivity index (χ0) is 13.8. The number of aromatic nitrogens is 2. The Morgan fingerprint density at radius 3 is 2.70 bits per heavy atom. The van der Waals surface area contributed by atoms with Crippen LogP contribution in [-0.2, 0) is 13.0 Å². The summed E-state index contributed by atoms with van der Waals surface area (Å²) in [6.45, 7) is 3.09. The molecule has 0 aliphatic carbocycles. The van der Waals surface area contributed by atoms with Gasteiger partial charge in [-0.05, 0) is 50.0 Å². The Hall–Kier alpha value is -1.68. The molecule has 3 rings (SSSR count). The molecule has 0 bridgehead atoms. The second-order valence-corrected chi connectivity index (χ2v) is 5.41. The fourth-order valence-corrected chi connectivity index (χ4v) is 2.88. The zero-order valence-corrected chi connectivity index (χ0v) is 11.6. The molecule has 0 radical (unpaired) electrons. The minimum absolute atomic E-state index is 0.174. The highest BCUT2D eigenvalue weighted by molar-refractivity contribution is 5.16. The van der Waals surface area contributed by atoms with Crippen LogP contribution in [-0.4, -0.2) is 22.6 Å². The predicted molar refractivity (Wildman–Crippen MR) is 77.2 cm³/mol. The van der Waals surface area contributed by atoms with E-state index in [1.165, 1.54) is 30.7 Å². The van der Waals surface area contributed by atoms with Gasteiger partial charge in [0.05, 0.1) is 6.33 Å². The fraction of sp³-hybridized carbons (Fsp3) is 0.438. The van der Waals surface area contributed by atoms with Crippen molar-refractivity contribution in [2.45, 2.75) is 31.7 Å². The lowest BCUT2D eigenvalue weighted by Crippen LogP contribution is -2.27. The van der Waals surface area contributed by atoms with Gasteiger partial charge in [0.15, 0.2) is 0 Å². The molecule has 4 heteroatoms.